The van der Waals surface area contributed by atoms with Gasteiger partial charge in [0.15, 0.2) is 0 Å². The average Bonchev–Trinajstić information content (AvgIpc) is 2.69. The molecule has 0 spiro atoms. The number of H-pyrrole nitrogens is 1. The van der Waals surface area contributed by atoms with Crippen molar-refractivity contribution < 1.29 is 5.11 Å². The summed E-state index contributed by atoms with van der Waals surface area (Å²) < 4.78 is 0. The number of hydrogen-bond acceptors (Lipinski definition) is 6. The lowest BCUT2D eigenvalue weighted by molar-refractivity contribution is 0.238. The Morgan fingerprint density at radius 2 is 1.97 bits per heavy atom. The second kappa shape index (κ2) is 7.40. The highest BCUT2D eigenvalue weighted by molar-refractivity contribution is 5.52. The molecule has 4 rings (SSSR count). The topological polar surface area (TPSA) is 95.0 Å². The first kappa shape index (κ1) is 19.3. The monoisotopic (exact) mass is 391 g/mol. The van der Waals surface area contributed by atoms with Gasteiger partial charge >= 0.3 is 0 Å². The summed E-state index contributed by atoms with van der Waals surface area (Å²) in [6.45, 7) is 8.12. The van der Waals surface area contributed by atoms with Crippen LogP contribution in [0.25, 0.3) is 11.4 Å². The minimum absolute atomic E-state index is 0.132. The molecule has 3 aromatic rings. The number of aromatic nitrogens is 4. The Balaban J connectivity index is 1.58. The predicted molar refractivity (Wildman–Crippen MR) is 111 cm³/mol. The first-order chi connectivity index (χ1) is 13.8. The van der Waals surface area contributed by atoms with E-state index in [0.29, 0.717) is 42.2 Å². The van der Waals surface area contributed by atoms with Crippen molar-refractivity contribution in [3.05, 3.63) is 69.7 Å². The fourth-order valence-electron chi connectivity index (χ4n) is 3.74. The highest BCUT2D eigenvalue weighted by atomic mass is 16.3. The molecule has 1 aliphatic heterocycles. The second-order valence-electron chi connectivity index (χ2n) is 8.49. The highest BCUT2D eigenvalue weighted by Gasteiger charge is 2.24. The standard InChI is InChI=1S/C22H25N5O2/c1-22(2,3)17-6-4-5-14(19(17)28)11-27-8-7-18-16(12-27)21(29)26-20(25-18)15-9-23-13-24-10-15/h4-6,9-10,13,28H,7-8,11-12H2,1-3H3,(H,25,26,29). The molecule has 7 heteroatoms. The zero-order valence-corrected chi connectivity index (χ0v) is 16.9. The average molecular weight is 391 g/mol. The third-order valence-corrected chi connectivity index (χ3v) is 5.30. The van der Waals surface area contributed by atoms with Gasteiger partial charge in [0, 0.05) is 44.0 Å². The molecule has 2 aromatic heterocycles. The molecule has 0 atom stereocenters. The van der Waals surface area contributed by atoms with Crippen molar-refractivity contribution in [3.8, 4) is 17.1 Å². The number of benzene rings is 1. The largest absolute Gasteiger partial charge is 0.507 e. The molecule has 3 heterocycles. The van der Waals surface area contributed by atoms with Gasteiger partial charge in [-0.1, -0.05) is 39.0 Å². The number of nitrogens with one attached hydrogen (secondary N) is 1. The Labute approximate surface area is 169 Å². The second-order valence-corrected chi connectivity index (χ2v) is 8.49. The van der Waals surface area contributed by atoms with Gasteiger partial charge in [0.25, 0.3) is 5.56 Å². The Kier molecular flexibility index (Phi) is 4.92. The van der Waals surface area contributed by atoms with Crippen LogP contribution in [-0.4, -0.2) is 36.5 Å². The van der Waals surface area contributed by atoms with Crippen LogP contribution < -0.4 is 5.56 Å². The predicted octanol–water partition coefficient (Wildman–Crippen LogP) is 2.79. The number of fused-ring (bicyclic) bond motifs is 1. The van der Waals surface area contributed by atoms with Gasteiger partial charge in [0.1, 0.15) is 17.9 Å². The first-order valence-electron chi connectivity index (χ1n) is 9.74. The fourth-order valence-corrected chi connectivity index (χ4v) is 3.74. The van der Waals surface area contributed by atoms with Crippen molar-refractivity contribution >= 4 is 0 Å². The molecule has 1 aliphatic rings. The first-order valence-corrected chi connectivity index (χ1v) is 9.74. The maximum absolute atomic E-state index is 12.7. The van der Waals surface area contributed by atoms with Crippen molar-refractivity contribution in [2.45, 2.75) is 45.7 Å². The van der Waals surface area contributed by atoms with Crippen molar-refractivity contribution in [3.63, 3.8) is 0 Å². The van der Waals surface area contributed by atoms with Gasteiger partial charge in [-0.05, 0) is 11.0 Å². The summed E-state index contributed by atoms with van der Waals surface area (Å²) in [7, 11) is 0. The number of phenolic OH excluding ortho intramolecular Hbond substituents is 1. The molecule has 0 saturated heterocycles. The molecule has 0 radical (unpaired) electrons. The molecule has 1 aromatic carbocycles. The SMILES string of the molecule is CC(C)(C)c1cccc(CN2CCc3nc(-c4cncnc4)[nH]c(=O)c3C2)c1O. The summed E-state index contributed by atoms with van der Waals surface area (Å²) in [5.41, 5.74) is 3.74. The fraction of sp³-hybridized carbons (Fsp3) is 0.364. The zero-order chi connectivity index (χ0) is 20.6. The summed E-state index contributed by atoms with van der Waals surface area (Å²) in [6.07, 6.45) is 5.40. The summed E-state index contributed by atoms with van der Waals surface area (Å²) >= 11 is 0. The van der Waals surface area contributed by atoms with E-state index < -0.39 is 0 Å². The van der Waals surface area contributed by atoms with Gasteiger partial charge in [-0.2, -0.15) is 0 Å². The Morgan fingerprint density at radius 3 is 2.69 bits per heavy atom. The van der Waals surface area contributed by atoms with E-state index in [1.165, 1.54) is 6.33 Å². The summed E-state index contributed by atoms with van der Waals surface area (Å²) in [6, 6.07) is 5.89. The van der Waals surface area contributed by atoms with Crippen molar-refractivity contribution in [2.75, 3.05) is 6.54 Å². The van der Waals surface area contributed by atoms with Crippen LogP contribution in [0.2, 0.25) is 0 Å². The third-order valence-electron chi connectivity index (χ3n) is 5.30. The Bertz CT molecular complexity index is 1090. The van der Waals surface area contributed by atoms with Crippen LogP contribution in [-0.2, 0) is 24.9 Å². The number of aromatic hydroxyl groups is 1. The highest BCUT2D eigenvalue weighted by Crippen LogP contribution is 2.34. The molecule has 0 unspecified atom stereocenters. The molecule has 0 saturated carbocycles. The molecule has 0 bridgehead atoms. The molecular formula is C22H25N5O2. The van der Waals surface area contributed by atoms with E-state index in [1.807, 2.05) is 18.2 Å². The van der Waals surface area contributed by atoms with Crippen LogP contribution in [0.15, 0.2) is 41.7 Å². The van der Waals surface area contributed by atoms with E-state index in [9.17, 15) is 9.90 Å². The van der Waals surface area contributed by atoms with Crippen LogP contribution in [0, 0.1) is 0 Å². The van der Waals surface area contributed by atoms with Crippen molar-refractivity contribution in [2.24, 2.45) is 0 Å². The third kappa shape index (κ3) is 3.91. The molecule has 7 nitrogen and oxygen atoms in total. The molecule has 150 valence electrons. The maximum atomic E-state index is 12.7. The number of para-hydroxylation sites is 1. The van der Waals surface area contributed by atoms with E-state index in [2.05, 4.69) is 45.6 Å². The zero-order valence-electron chi connectivity index (χ0n) is 16.9. The molecule has 0 fully saturated rings. The number of hydrogen-bond donors (Lipinski definition) is 2. The minimum atomic E-state index is -0.133. The van der Waals surface area contributed by atoms with Crippen LogP contribution in [0.3, 0.4) is 0 Å². The van der Waals surface area contributed by atoms with Gasteiger partial charge in [-0.3, -0.25) is 9.69 Å². The number of nitrogens with zero attached hydrogens (tertiary/aromatic N) is 4. The quantitative estimate of drug-likeness (QED) is 0.713. The van der Waals surface area contributed by atoms with Crippen LogP contribution in [0.1, 0.15) is 43.2 Å². The number of aromatic amines is 1. The summed E-state index contributed by atoms with van der Waals surface area (Å²) in [5, 5.41) is 10.7. The lowest BCUT2D eigenvalue weighted by atomic mass is 9.85. The molecule has 0 amide bonds. The van der Waals surface area contributed by atoms with Gasteiger partial charge in [0.2, 0.25) is 0 Å². The van der Waals surface area contributed by atoms with Crippen LogP contribution >= 0.6 is 0 Å². The smallest absolute Gasteiger partial charge is 0.255 e. The molecule has 29 heavy (non-hydrogen) atoms. The Morgan fingerprint density at radius 1 is 1.21 bits per heavy atom. The minimum Gasteiger partial charge on any atom is -0.507 e. The lowest BCUT2D eigenvalue weighted by Gasteiger charge is -2.29. The number of phenols is 1. The summed E-state index contributed by atoms with van der Waals surface area (Å²) in [5.74, 6) is 0.843. The van der Waals surface area contributed by atoms with Crippen LogP contribution in [0.4, 0.5) is 0 Å². The molecule has 2 N–H and O–H groups in total. The van der Waals surface area contributed by atoms with Gasteiger partial charge < -0.3 is 10.1 Å². The van der Waals surface area contributed by atoms with Crippen LogP contribution in [0.5, 0.6) is 5.75 Å². The number of rotatable bonds is 3. The Hall–Kier alpha value is -3.06. The van der Waals surface area contributed by atoms with E-state index in [0.717, 1.165) is 23.4 Å². The van der Waals surface area contributed by atoms with E-state index >= 15 is 0 Å². The van der Waals surface area contributed by atoms with Gasteiger partial charge in [0.05, 0.1) is 16.8 Å². The maximum Gasteiger partial charge on any atom is 0.255 e. The summed E-state index contributed by atoms with van der Waals surface area (Å²) in [4.78, 5) is 30.3. The van der Waals surface area contributed by atoms with Crippen molar-refractivity contribution in [1.82, 2.24) is 24.8 Å². The van der Waals surface area contributed by atoms with Gasteiger partial charge in [-0.25, -0.2) is 15.0 Å². The normalized spacial score (nSPS) is 14.6. The van der Waals surface area contributed by atoms with E-state index in [-0.39, 0.29) is 11.0 Å². The van der Waals surface area contributed by atoms with E-state index in [4.69, 9.17) is 0 Å². The van der Waals surface area contributed by atoms with Crippen molar-refractivity contribution in [1.29, 1.82) is 0 Å². The molecular weight excluding hydrogens is 366 g/mol. The lowest BCUT2D eigenvalue weighted by Crippen LogP contribution is -2.35. The van der Waals surface area contributed by atoms with E-state index in [1.54, 1.807) is 12.4 Å². The molecule has 0 aliphatic carbocycles. The van der Waals surface area contributed by atoms with Gasteiger partial charge in [-0.15, -0.1) is 0 Å².